The lowest BCUT2D eigenvalue weighted by Crippen LogP contribution is -2.35. The maximum Gasteiger partial charge on any atom is 0.260 e. The third-order valence-corrected chi connectivity index (χ3v) is 5.90. The third kappa shape index (κ3) is 2.00. The minimum absolute atomic E-state index is 0.0522. The van der Waals surface area contributed by atoms with E-state index in [4.69, 9.17) is 0 Å². The monoisotopic (exact) mass is 334 g/mol. The van der Waals surface area contributed by atoms with Gasteiger partial charge in [0.2, 0.25) is 0 Å². The van der Waals surface area contributed by atoms with Crippen LogP contribution in [0.3, 0.4) is 0 Å². The molecule has 25 heavy (non-hydrogen) atoms. The molecule has 1 fully saturated rings. The van der Waals surface area contributed by atoms with Gasteiger partial charge in [-0.1, -0.05) is 31.0 Å². The number of nitrogens with one attached hydrogen (secondary N) is 1. The van der Waals surface area contributed by atoms with Gasteiger partial charge in [0.1, 0.15) is 5.82 Å². The Morgan fingerprint density at radius 1 is 1.08 bits per heavy atom. The number of H-pyrrole nitrogens is 1. The number of nitrogens with zero attached hydrogens (tertiary/aromatic N) is 1. The van der Waals surface area contributed by atoms with E-state index in [9.17, 15) is 9.18 Å². The van der Waals surface area contributed by atoms with Crippen LogP contribution < -0.4 is 4.90 Å². The summed E-state index contributed by atoms with van der Waals surface area (Å²) in [5.41, 5.74) is 2.78. The van der Waals surface area contributed by atoms with Crippen molar-refractivity contribution in [3.8, 4) is 0 Å². The molecule has 4 heteroatoms. The summed E-state index contributed by atoms with van der Waals surface area (Å²) in [4.78, 5) is 18.3. The molecule has 5 rings (SSSR count). The van der Waals surface area contributed by atoms with E-state index in [2.05, 4.69) is 4.98 Å². The number of amides is 1. The maximum atomic E-state index is 14.7. The zero-order valence-corrected chi connectivity index (χ0v) is 13.9. The van der Waals surface area contributed by atoms with Gasteiger partial charge in [0, 0.05) is 29.1 Å². The van der Waals surface area contributed by atoms with Gasteiger partial charge in [0.05, 0.1) is 16.8 Å². The summed E-state index contributed by atoms with van der Waals surface area (Å²) in [7, 11) is 0. The van der Waals surface area contributed by atoms with Gasteiger partial charge in [-0.2, -0.15) is 0 Å². The van der Waals surface area contributed by atoms with Crippen LogP contribution in [0.2, 0.25) is 0 Å². The minimum atomic E-state index is -0.208. The molecular formula is C21H19FN2O. The molecule has 2 aromatic carbocycles. The molecule has 0 unspecified atom stereocenters. The van der Waals surface area contributed by atoms with Crippen molar-refractivity contribution >= 4 is 22.5 Å². The molecule has 1 amide bonds. The predicted octanol–water partition coefficient (Wildman–Crippen LogP) is 4.78. The summed E-state index contributed by atoms with van der Waals surface area (Å²) in [6, 6.07) is 12.8. The molecule has 2 heterocycles. The summed E-state index contributed by atoms with van der Waals surface area (Å²) in [6.45, 7) is 0.583. The van der Waals surface area contributed by atoms with Crippen LogP contribution in [0, 0.1) is 5.82 Å². The summed E-state index contributed by atoms with van der Waals surface area (Å²) >= 11 is 0. The largest absolute Gasteiger partial charge is 0.361 e. The molecule has 1 spiro atoms. The third-order valence-electron chi connectivity index (χ3n) is 5.90. The number of halogens is 1. The van der Waals surface area contributed by atoms with E-state index in [0.29, 0.717) is 12.1 Å². The number of fused-ring (bicyclic) bond motifs is 3. The second-order valence-electron chi connectivity index (χ2n) is 7.26. The summed E-state index contributed by atoms with van der Waals surface area (Å²) in [6.07, 6.45) is 5.95. The average Bonchev–Trinajstić information content (AvgIpc) is 3.34. The quantitative estimate of drug-likeness (QED) is 0.683. The molecule has 0 bridgehead atoms. The van der Waals surface area contributed by atoms with E-state index in [1.807, 2.05) is 36.5 Å². The van der Waals surface area contributed by atoms with Crippen molar-refractivity contribution in [2.45, 2.75) is 31.1 Å². The first kappa shape index (κ1) is 14.7. The molecule has 1 N–H and O–H groups in total. The number of hydrogen-bond acceptors (Lipinski definition) is 1. The molecule has 1 saturated carbocycles. The zero-order valence-electron chi connectivity index (χ0n) is 13.9. The molecule has 3 aromatic rings. The van der Waals surface area contributed by atoms with Crippen molar-refractivity contribution in [3.05, 3.63) is 65.6 Å². The van der Waals surface area contributed by atoms with E-state index in [0.717, 1.165) is 47.8 Å². The van der Waals surface area contributed by atoms with Crippen LogP contribution in [-0.4, -0.2) is 17.4 Å². The fourth-order valence-electron chi connectivity index (χ4n) is 4.78. The Hall–Kier alpha value is -2.62. The highest BCUT2D eigenvalue weighted by molar-refractivity contribution is 6.14. The predicted molar refractivity (Wildman–Crippen MR) is 96.5 cm³/mol. The number of rotatable bonds is 1. The lowest BCUT2D eigenvalue weighted by Gasteiger charge is -2.25. The number of benzene rings is 2. The van der Waals surface area contributed by atoms with Gasteiger partial charge in [-0.25, -0.2) is 4.39 Å². The van der Waals surface area contributed by atoms with E-state index >= 15 is 0 Å². The van der Waals surface area contributed by atoms with Gasteiger partial charge in [0.25, 0.3) is 5.91 Å². The number of para-hydroxylation sites is 1. The molecule has 0 atom stereocenters. The van der Waals surface area contributed by atoms with Crippen LogP contribution >= 0.6 is 0 Å². The van der Waals surface area contributed by atoms with Gasteiger partial charge in [0.15, 0.2) is 0 Å². The van der Waals surface area contributed by atoms with Gasteiger partial charge in [-0.05, 0) is 37.1 Å². The summed E-state index contributed by atoms with van der Waals surface area (Å²) in [5.74, 6) is -0.226. The fraction of sp³-hybridized carbons (Fsp3) is 0.286. The highest BCUT2D eigenvalue weighted by Crippen LogP contribution is 2.51. The number of carbonyl (C=O) groups excluding carboxylic acids is 1. The van der Waals surface area contributed by atoms with Crippen molar-refractivity contribution in [2.24, 2.45) is 0 Å². The topological polar surface area (TPSA) is 36.1 Å². The second-order valence-corrected chi connectivity index (χ2v) is 7.26. The smallest absolute Gasteiger partial charge is 0.260 e. The molecule has 126 valence electrons. The van der Waals surface area contributed by atoms with Crippen molar-refractivity contribution in [3.63, 3.8) is 0 Å². The Kier molecular flexibility index (Phi) is 3.05. The lowest BCUT2D eigenvalue weighted by atomic mass is 9.80. The van der Waals surface area contributed by atoms with E-state index in [1.165, 1.54) is 6.07 Å². The Morgan fingerprint density at radius 3 is 2.72 bits per heavy atom. The fourth-order valence-corrected chi connectivity index (χ4v) is 4.78. The number of anilines is 1. The molecule has 0 saturated heterocycles. The highest BCUT2D eigenvalue weighted by atomic mass is 19.1. The molecule has 3 nitrogen and oxygen atoms in total. The summed E-state index contributed by atoms with van der Waals surface area (Å²) < 4.78 is 14.7. The molecular weight excluding hydrogens is 315 g/mol. The Bertz CT molecular complexity index is 984. The number of carbonyl (C=O) groups is 1. The molecule has 2 aliphatic rings. The number of hydrogen-bond donors (Lipinski definition) is 1. The molecule has 1 aromatic heterocycles. The first-order chi connectivity index (χ1) is 12.2. The molecule has 1 aliphatic heterocycles. The van der Waals surface area contributed by atoms with E-state index in [-0.39, 0.29) is 17.1 Å². The van der Waals surface area contributed by atoms with Crippen LogP contribution in [0.4, 0.5) is 10.1 Å². The molecule has 1 aliphatic carbocycles. The molecule has 0 radical (unpaired) electrons. The lowest BCUT2D eigenvalue weighted by molar-refractivity contribution is 0.0986. The Morgan fingerprint density at radius 2 is 1.88 bits per heavy atom. The highest BCUT2D eigenvalue weighted by Gasteiger charge is 2.48. The van der Waals surface area contributed by atoms with Crippen LogP contribution in [0.5, 0.6) is 0 Å². The average molecular weight is 334 g/mol. The first-order valence-corrected chi connectivity index (χ1v) is 8.87. The van der Waals surface area contributed by atoms with Crippen molar-refractivity contribution in [1.82, 2.24) is 4.98 Å². The van der Waals surface area contributed by atoms with Gasteiger partial charge in [-0.3, -0.25) is 4.79 Å². The number of aromatic amines is 1. The van der Waals surface area contributed by atoms with Crippen molar-refractivity contribution in [2.75, 3.05) is 11.4 Å². The first-order valence-electron chi connectivity index (χ1n) is 8.87. The van der Waals surface area contributed by atoms with Crippen molar-refractivity contribution in [1.29, 1.82) is 0 Å². The van der Waals surface area contributed by atoms with Gasteiger partial charge >= 0.3 is 0 Å². The zero-order chi connectivity index (χ0) is 17.0. The maximum absolute atomic E-state index is 14.7. The van der Waals surface area contributed by atoms with Crippen LogP contribution in [0.1, 0.15) is 41.6 Å². The van der Waals surface area contributed by atoms with Crippen LogP contribution in [0.15, 0.2) is 48.7 Å². The SMILES string of the molecule is O=C(c1cccc2cc[nH]c12)N1CC2(CCCC2)c2c(F)cccc21. The van der Waals surface area contributed by atoms with Gasteiger partial charge in [-0.15, -0.1) is 0 Å². The summed E-state index contributed by atoms with van der Waals surface area (Å²) in [5, 5.41) is 1.01. The minimum Gasteiger partial charge on any atom is -0.361 e. The van der Waals surface area contributed by atoms with Crippen molar-refractivity contribution < 1.29 is 9.18 Å². The Balaban J connectivity index is 1.65. The number of aromatic nitrogens is 1. The normalized spacial score (nSPS) is 18.2. The van der Waals surface area contributed by atoms with E-state index in [1.54, 1.807) is 11.0 Å². The van der Waals surface area contributed by atoms with Gasteiger partial charge < -0.3 is 9.88 Å². The standard InChI is InChI=1S/C21H19FN2O/c22-16-7-4-8-17-18(16)21(10-1-2-11-21)13-24(17)20(25)15-6-3-5-14-9-12-23-19(14)15/h3-9,12,23H,1-2,10-11,13H2. The second kappa shape index (κ2) is 5.19. The van der Waals surface area contributed by atoms with E-state index < -0.39 is 0 Å². The van der Waals surface area contributed by atoms with Crippen LogP contribution in [0.25, 0.3) is 10.9 Å². The van der Waals surface area contributed by atoms with Crippen LogP contribution in [-0.2, 0) is 5.41 Å². The Labute approximate surface area is 145 Å².